The fraction of sp³-hybridized carbons (Fsp3) is 0.182. The zero-order valence-electron chi connectivity index (χ0n) is 8.30. The number of ketones is 1. The number of carbonyl (C=O) groups is 1. The molecule has 4 heteroatoms. The summed E-state index contributed by atoms with van der Waals surface area (Å²) >= 11 is 0. The molecule has 0 atom stereocenters. The number of aliphatic hydroxyl groups excluding tert-OH is 1. The molecule has 0 unspecified atom stereocenters. The molecule has 0 heterocycles. The van der Waals surface area contributed by atoms with E-state index in [1.54, 1.807) is 37.3 Å². The molecule has 1 rings (SSSR count). The predicted octanol–water partition coefficient (Wildman–Crippen LogP) is 2.66. The van der Waals surface area contributed by atoms with Gasteiger partial charge in [0.2, 0.25) is 0 Å². The number of rotatable bonds is 4. The fourth-order valence-electron chi connectivity index (χ4n) is 1.13. The van der Waals surface area contributed by atoms with Crippen molar-refractivity contribution >= 4 is 11.5 Å². The molecule has 0 aromatic heterocycles. The number of hydrogen-bond donors (Lipinski definition) is 1. The second kappa shape index (κ2) is 5.05. The van der Waals surface area contributed by atoms with E-state index < -0.39 is 11.5 Å². The smallest absolute Gasteiger partial charge is 0.192 e. The van der Waals surface area contributed by atoms with Crippen molar-refractivity contribution in [1.29, 1.82) is 0 Å². The van der Waals surface area contributed by atoms with Crippen molar-refractivity contribution in [3.63, 3.8) is 0 Å². The molecule has 78 valence electrons. The Kier molecular flexibility index (Phi) is 3.74. The van der Waals surface area contributed by atoms with Crippen molar-refractivity contribution in [1.82, 2.24) is 0 Å². The van der Waals surface area contributed by atoms with Crippen molar-refractivity contribution in [3.05, 3.63) is 46.5 Å². The fourth-order valence-corrected chi connectivity index (χ4v) is 1.13. The molecule has 0 saturated heterocycles. The SMILES string of the molecule is CCC(=O)/C(N=O)=C(\O)c1ccccc1. The standard InChI is InChI=1S/C11H11NO3/c1-2-9(13)10(12-15)11(14)8-6-4-3-5-7-8/h3-7,14H,2H2,1H3/b11-10+. The highest BCUT2D eigenvalue weighted by molar-refractivity contribution is 6.00. The molecular formula is C11H11NO3. The highest BCUT2D eigenvalue weighted by atomic mass is 16.3. The summed E-state index contributed by atoms with van der Waals surface area (Å²) in [6, 6.07) is 8.37. The lowest BCUT2D eigenvalue weighted by Crippen LogP contribution is -2.01. The minimum Gasteiger partial charge on any atom is -0.505 e. The quantitative estimate of drug-likeness (QED) is 0.466. The summed E-state index contributed by atoms with van der Waals surface area (Å²) in [5, 5.41) is 12.2. The molecule has 0 aliphatic heterocycles. The van der Waals surface area contributed by atoms with Crippen LogP contribution in [0.2, 0.25) is 0 Å². The van der Waals surface area contributed by atoms with Crippen LogP contribution in [0.5, 0.6) is 0 Å². The van der Waals surface area contributed by atoms with Crippen molar-refractivity contribution < 1.29 is 9.90 Å². The number of carbonyl (C=O) groups excluding carboxylic acids is 1. The summed E-state index contributed by atoms with van der Waals surface area (Å²) in [4.78, 5) is 21.7. The van der Waals surface area contributed by atoms with Gasteiger partial charge in [-0.3, -0.25) is 4.79 Å². The van der Waals surface area contributed by atoms with Crippen molar-refractivity contribution in [2.75, 3.05) is 0 Å². The van der Waals surface area contributed by atoms with E-state index in [0.717, 1.165) is 0 Å². The lowest BCUT2D eigenvalue weighted by Gasteiger charge is -2.01. The van der Waals surface area contributed by atoms with Crippen LogP contribution in [0, 0.1) is 4.91 Å². The number of aliphatic hydroxyl groups is 1. The maximum atomic E-state index is 11.2. The molecule has 0 spiro atoms. The van der Waals surface area contributed by atoms with E-state index in [-0.39, 0.29) is 12.2 Å². The van der Waals surface area contributed by atoms with Crippen molar-refractivity contribution in [2.24, 2.45) is 5.18 Å². The summed E-state index contributed by atoms with van der Waals surface area (Å²) in [5.74, 6) is -0.830. The van der Waals surface area contributed by atoms with Gasteiger partial charge in [0.15, 0.2) is 17.2 Å². The summed E-state index contributed by atoms with van der Waals surface area (Å²) in [6.07, 6.45) is 0.137. The predicted molar refractivity (Wildman–Crippen MR) is 57.1 cm³/mol. The first-order valence-electron chi connectivity index (χ1n) is 4.56. The van der Waals surface area contributed by atoms with Crippen LogP contribution in [-0.2, 0) is 4.79 Å². The molecule has 4 nitrogen and oxygen atoms in total. The largest absolute Gasteiger partial charge is 0.505 e. The zero-order valence-corrected chi connectivity index (χ0v) is 8.30. The lowest BCUT2D eigenvalue weighted by atomic mass is 10.1. The molecule has 0 bridgehead atoms. The third-order valence-electron chi connectivity index (χ3n) is 1.95. The van der Waals surface area contributed by atoms with E-state index in [9.17, 15) is 14.8 Å². The summed E-state index contributed by atoms with van der Waals surface area (Å²) in [5.41, 5.74) is -0.00222. The Balaban J connectivity index is 3.18. The molecule has 0 aliphatic carbocycles. The first-order valence-corrected chi connectivity index (χ1v) is 4.56. The second-order valence-corrected chi connectivity index (χ2v) is 2.93. The molecular weight excluding hydrogens is 194 g/mol. The van der Waals surface area contributed by atoms with Gasteiger partial charge in [0, 0.05) is 12.0 Å². The van der Waals surface area contributed by atoms with Crippen LogP contribution in [0.4, 0.5) is 0 Å². The van der Waals surface area contributed by atoms with Gasteiger partial charge in [-0.15, -0.1) is 4.91 Å². The Bertz CT molecular complexity index is 396. The number of benzene rings is 1. The van der Waals surface area contributed by atoms with E-state index in [1.807, 2.05) is 0 Å². The Morgan fingerprint density at radius 1 is 1.33 bits per heavy atom. The molecule has 1 N–H and O–H groups in total. The number of nitroso groups, excluding NO2 is 1. The van der Waals surface area contributed by atoms with Crippen molar-refractivity contribution in [2.45, 2.75) is 13.3 Å². The third kappa shape index (κ3) is 2.49. The van der Waals surface area contributed by atoms with Gasteiger partial charge >= 0.3 is 0 Å². The van der Waals surface area contributed by atoms with Crippen LogP contribution in [0.25, 0.3) is 5.76 Å². The van der Waals surface area contributed by atoms with E-state index in [2.05, 4.69) is 5.18 Å². The maximum Gasteiger partial charge on any atom is 0.192 e. The van der Waals surface area contributed by atoms with Crippen LogP contribution < -0.4 is 0 Å². The molecule has 0 saturated carbocycles. The molecule has 15 heavy (non-hydrogen) atoms. The Morgan fingerprint density at radius 3 is 2.40 bits per heavy atom. The van der Waals surface area contributed by atoms with Gasteiger partial charge < -0.3 is 5.11 Å². The van der Waals surface area contributed by atoms with Gasteiger partial charge in [-0.1, -0.05) is 37.3 Å². The normalized spacial score (nSPS) is 11.8. The first-order chi connectivity index (χ1) is 7.20. The number of allylic oxidation sites excluding steroid dienone is 1. The average molecular weight is 205 g/mol. The summed E-state index contributed by atoms with van der Waals surface area (Å²) < 4.78 is 0. The highest BCUT2D eigenvalue weighted by Crippen LogP contribution is 2.17. The van der Waals surface area contributed by atoms with Crippen LogP contribution in [-0.4, -0.2) is 10.9 Å². The molecule has 0 aliphatic rings. The minimum absolute atomic E-state index is 0.137. The average Bonchev–Trinajstić information content (AvgIpc) is 2.30. The van der Waals surface area contributed by atoms with E-state index in [0.29, 0.717) is 5.56 Å². The van der Waals surface area contributed by atoms with Crippen LogP contribution in [0.3, 0.4) is 0 Å². The van der Waals surface area contributed by atoms with Gasteiger partial charge in [0.1, 0.15) is 0 Å². The summed E-state index contributed by atoms with van der Waals surface area (Å²) in [6.45, 7) is 1.60. The molecule has 0 fully saturated rings. The topological polar surface area (TPSA) is 66.7 Å². The number of Topliss-reactive ketones (excluding diaryl/α,β-unsaturated/α-hetero) is 1. The molecule has 1 aromatic rings. The second-order valence-electron chi connectivity index (χ2n) is 2.93. The van der Waals surface area contributed by atoms with Crippen LogP contribution in [0.1, 0.15) is 18.9 Å². The molecule has 1 aromatic carbocycles. The summed E-state index contributed by atoms with van der Waals surface area (Å²) in [7, 11) is 0. The van der Waals surface area contributed by atoms with E-state index in [4.69, 9.17) is 0 Å². The number of nitrogens with zero attached hydrogens (tertiary/aromatic N) is 1. The van der Waals surface area contributed by atoms with E-state index in [1.165, 1.54) is 0 Å². The monoisotopic (exact) mass is 205 g/mol. The lowest BCUT2D eigenvalue weighted by molar-refractivity contribution is -0.115. The van der Waals surface area contributed by atoms with Gasteiger partial charge in [-0.2, -0.15) is 0 Å². The molecule has 0 radical (unpaired) electrons. The van der Waals surface area contributed by atoms with Crippen molar-refractivity contribution in [3.8, 4) is 0 Å². The van der Waals surface area contributed by atoms with Gasteiger partial charge in [-0.25, -0.2) is 0 Å². The Morgan fingerprint density at radius 2 is 1.93 bits per heavy atom. The Labute approximate surface area is 87.2 Å². The first kappa shape index (κ1) is 11.1. The van der Waals surface area contributed by atoms with Gasteiger partial charge in [-0.05, 0) is 5.18 Å². The van der Waals surface area contributed by atoms with Crippen LogP contribution in [0.15, 0.2) is 41.2 Å². The third-order valence-corrected chi connectivity index (χ3v) is 1.95. The number of hydrogen-bond acceptors (Lipinski definition) is 4. The minimum atomic E-state index is -0.466. The van der Waals surface area contributed by atoms with Gasteiger partial charge in [0.25, 0.3) is 0 Å². The van der Waals surface area contributed by atoms with E-state index >= 15 is 0 Å². The van der Waals surface area contributed by atoms with Gasteiger partial charge in [0.05, 0.1) is 0 Å². The van der Waals surface area contributed by atoms with Crippen LogP contribution >= 0.6 is 0 Å². The zero-order chi connectivity index (χ0) is 11.3. The maximum absolute atomic E-state index is 11.2. The highest BCUT2D eigenvalue weighted by Gasteiger charge is 2.15. The molecule has 0 amide bonds. The Hall–Kier alpha value is -1.97.